The Hall–Kier alpha value is -2.47. The van der Waals surface area contributed by atoms with Crippen molar-refractivity contribution in [3.05, 3.63) is 97.4 Å². The lowest BCUT2D eigenvalue weighted by Gasteiger charge is -2.31. The molecule has 2 saturated carbocycles. The third-order valence-electron chi connectivity index (χ3n) is 8.44. The first kappa shape index (κ1) is 32.5. The Morgan fingerprint density at radius 2 is 1.38 bits per heavy atom. The molecule has 3 aromatic carbocycles. The van der Waals surface area contributed by atoms with Crippen molar-refractivity contribution in [1.82, 2.24) is 10.0 Å². The molecule has 14 heteroatoms. The number of alkyl halides is 2. The third-order valence-corrected chi connectivity index (χ3v) is 12.9. The van der Waals surface area contributed by atoms with Crippen LogP contribution in [0.1, 0.15) is 37.5 Å². The molecule has 0 aromatic heterocycles. The van der Waals surface area contributed by atoms with Crippen molar-refractivity contribution in [3.63, 3.8) is 0 Å². The van der Waals surface area contributed by atoms with Crippen LogP contribution in [0.5, 0.6) is 5.75 Å². The molecule has 6 atom stereocenters. The van der Waals surface area contributed by atoms with Gasteiger partial charge in [-0.05, 0) is 78.9 Å². The van der Waals surface area contributed by atoms with Gasteiger partial charge in [0.15, 0.2) is 5.78 Å². The lowest BCUT2D eigenvalue weighted by molar-refractivity contribution is -0.154. The molecule has 1 aliphatic heterocycles. The van der Waals surface area contributed by atoms with Crippen LogP contribution in [0.3, 0.4) is 0 Å². The molecule has 1 saturated heterocycles. The molecule has 2 aliphatic carbocycles. The van der Waals surface area contributed by atoms with Crippen molar-refractivity contribution >= 4 is 108 Å². The summed E-state index contributed by atoms with van der Waals surface area (Å²) in [5, 5.41) is 2.49. The number of imide groups is 1. The van der Waals surface area contributed by atoms with Crippen LogP contribution in [-0.4, -0.2) is 55.7 Å². The number of rotatable bonds is 7. The van der Waals surface area contributed by atoms with Gasteiger partial charge in [-0.1, -0.05) is 78.3 Å². The van der Waals surface area contributed by atoms with Crippen molar-refractivity contribution in [3.8, 4) is 5.75 Å². The fourth-order valence-corrected chi connectivity index (χ4v) is 8.99. The Kier molecular flexibility index (Phi) is 9.10. The number of ether oxygens (including phenoxy) is 1. The number of halogens is 6. The van der Waals surface area contributed by atoms with E-state index in [1.165, 1.54) is 60.7 Å². The van der Waals surface area contributed by atoms with E-state index in [1.54, 1.807) is 0 Å². The van der Waals surface area contributed by atoms with Crippen LogP contribution in [0.2, 0.25) is 20.1 Å². The molecule has 0 spiro atoms. The van der Waals surface area contributed by atoms with E-state index in [-0.39, 0.29) is 59.0 Å². The summed E-state index contributed by atoms with van der Waals surface area (Å²) in [6.07, 6.45) is 0.702. The minimum atomic E-state index is -0.771. The number of fused-ring (bicyclic) bond motifs is 5. The van der Waals surface area contributed by atoms with Gasteiger partial charge in [-0.2, -0.15) is 5.01 Å². The Morgan fingerprint density at radius 3 is 1.96 bits per heavy atom. The van der Waals surface area contributed by atoms with Crippen LogP contribution < -0.4 is 4.74 Å². The van der Waals surface area contributed by atoms with E-state index in [0.29, 0.717) is 11.4 Å². The van der Waals surface area contributed by atoms with E-state index in [2.05, 4.69) is 31.9 Å². The summed E-state index contributed by atoms with van der Waals surface area (Å²) in [4.78, 5) is 67.6. The van der Waals surface area contributed by atoms with Crippen molar-refractivity contribution in [2.75, 3.05) is 6.54 Å². The summed E-state index contributed by atoms with van der Waals surface area (Å²) in [5.74, 6) is -4.39. The molecule has 2 bridgehead atoms. The van der Waals surface area contributed by atoms with Gasteiger partial charge in [0.2, 0.25) is 0 Å². The molecule has 1 heterocycles. The number of amides is 3. The number of Topliss-reactive ketones (excluding diaryl/α,β-unsaturated/α-hetero) is 1. The molecule has 8 nitrogen and oxygen atoms in total. The SMILES string of the molecule is O=C(CN(C(=O)c1ccc(Cl)c(Cl)c1)N1C(=O)[C@@H]2[C@H]3C[C@@H]([C@@H](Br)[C@H]3Br)[C@H]2C1=O)c1ccc(OC(=O)c2ccc(Cl)cc2Cl)cc1. The van der Waals surface area contributed by atoms with E-state index >= 15 is 0 Å². The second-order valence-corrected chi connectivity index (χ2v) is 14.7. The summed E-state index contributed by atoms with van der Waals surface area (Å²) in [6.45, 7) is -0.625. The second kappa shape index (κ2) is 12.6. The summed E-state index contributed by atoms with van der Waals surface area (Å²) in [7, 11) is 0. The van der Waals surface area contributed by atoms with E-state index < -0.39 is 47.9 Å². The van der Waals surface area contributed by atoms with Gasteiger partial charge >= 0.3 is 5.97 Å². The highest BCUT2D eigenvalue weighted by molar-refractivity contribution is 9.12. The summed E-state index contributed by atoms with van der Waals surface area (Å²) < 4.78 is 5.38. The van der Waals surface area contributed by atoms with Gasteiger partial charge in [0.1, 0.15) is 12.3 Å². The minimum Gasteiger partial charge on any atom is -0.423 e. The first-order valence-corrected chi connectivity index (χ1v) is 16.9. The van der Waals surface area contributed by atoms with Crippen LogP contribution in [-0.2, 0) is 9.59 Å². The fraction of sp³-hybridized carbons (Fsp3) is 0.258. The molecule has 3 amide bonds. The molecule has 3 aromatic rings. The summed E-state index contributed by atoms with van der Waals surface area (Å²) in [5.41, 5.74) is 0.289. The number of hydrazine groups is 1. The molecular formula is C31H20Br2Cl4N2O6. The maximum Gasteiger partial charge on any atom is 0.345 e. The predicted octanol–water partition coefficient (Wildman–Crippen LogP) is 7.54. The quantitative estimate of drug-likeness (QED) is 0.0804. The summed E-state index contributed by atoms with van der Waals surface area (Å²) >= 11 is 31.5. The molecule has 232 valence electrons. The Bertz CT molecular complexity index is 1740. The van der Waals surface area contributed by atoms with Crippen molar-refractivity contribution in [1.29, 1.82) is 0 Å². The number of nitrogens with zero attached hydrogens (tertiary/aromatic N) is 2. The number of esters is 1. The fourth-order valence-electron chi connectivity index (χ4n) is 6.34. The van der Waals surface area contributed by atoms with Crippen LogP contribution >= 0.6 is 78.3 Å². The van der Waals surface area contributed by atoms with E-state index in [0.717, 1.165) is 10.0 Å². The zero-order valence-corrected chi connectivity index (χ0v) is 29.0. The van der Waals surface area contributed by atoms with Crippen LogP contribution in [0.15, 0.2) is 60.7 Å². The smallest absolute Gasteiger partial charge is 0.345 e. The first-order chi connectivity index (χ1) is 21.4. The molecule has 3 aliphatic rings. The Labute approximate surface area is 294 Å². The van der Waals surface area contributed by atoms with Crippen molar-refractivity contribution < 1.29 is 28.7 Å². The van der Waals surface area contributed by atoms with Gasteiger partial charge in [0.05, 0.1) is 32.5 Å². The molecular weight excluding hydrogens is 798 g/mol. The number of hydrogen-bond donors (Lipinski definition) is 0. The number of ketones is 1. The van der Waals surface area contributed by atoms with Gasteiger partial charge in [0, 0.05) is 25.8 Å². The molecule has 0 radical (unpaired) electrons. The van der Waals surface area contributed by atoms with Gasteiger partial charge in [-0.15, -0.1) is 0 Å². The highest BCUT2D eigenvalue weighted by Crippen LogP contribution is 2.60. The molecule has 0 N–H and O–H groups in total. The van der Waals surface area contributed by atoms with Crippen LogP contribution in [0.25, 0.3) is 0 Å². The normalized spacial score (nSPS) is 25.0. The van der Waals surface area contributed by atoms with Crippen LogP contribution in [0, 0.1) is 23.7 Å². The van der Waals surface area contributed by atoms with Gasteiger partial charge < -0.3 is 4.74 Å². The van der Waals surface area contributed by atoms with Gasteiger partial charge in [-0.25, -0.2) is 9.80 Å². The maximum atomic E-state index is 13.9. The zero-order valence-electron chi connectivity index (χ0n) is 22.8. The predicted molar refractivity (Wildman–Crippen MR) is 176 cm³/mol. The largest absolute Gasteiger partial charge is 0.423 e. The van der Waals surface area contributed by atoms with E-state index in [4.69, 9.17) is 51.1 Å². The lowest BCUT2D eigenvalue weighted by atomic mass is 9.81. The van der Waals surface area contributed by atoms with E-state index in [1.807, 2.05) is 0 Å². The monoisotopic (exact) mass is 814 g/mol. The minimum absolute atomic E-state index is 0.00959. The number of benzene rings is 3. The highest BCUT2D eigenvalue weighted by Gasteiger charge is 2.67. The first-order valence-electron chi connectivity index (χ1n) is 13.6. The van der Waals surface area contributed by atoms with Gasteiger partial charge in [0.25, 0.3) is 17.7 Å². The number of carbonyl (C=O) groups is 5. The zero-order chi connectivity index (χ0) is 32.3. The highest BCUT2D eigenvalue weighted by atomic mass is 79.9. The van der Waals surface area contributed by atoms with E-state index in [9.17, 15) is 24.0 Å². The average molecular weight is 818 g/mol. The number of hydrogen-bond acceptors (Lipinski definition) is 6. The number of carbonyl (C=O) groups excluding carboxylic acids is 5. The molecule has 6 rings (SSSR count). The standard InChI is InChI=1S/C31H20Br2Cl4N2O6/c32-26-18-11-19(27(26)33)25-24(18)29(42)39(30(25)43)38(28(41)14-3-8-20(35)22(37)9-14)12-23(40)13-1-5-16(6-2-13)45-31(44)17-7-4-15(34)10-21(17)36/h1-10,18-19,24-27H,11-12H2/t18-,19-,24-,25-,26-,27+/m1/s1. The third kappa shape index (κ3) is 5.83. The van der Waals surface area contributed by atoms with Crippen LogP contribution in [0.4, 0.5) is 0 Å². The molecule has 45 heavy (non-hydrogen) atoms. The van der Waals surface area contributed by atoms with Crippen molar-refractivity contribution in [2.24, 2.45) is 23.7 Å². The Balaban J connectivity index is 1.26. The topological polar surface area (TPSA) is 101 Å². The molecule has 0 unspecified atom stereocenters. The van der Waals surface area contributed by atoms with Gasteiger partial charge in [-0.3, -0.25) is 19.2 Å². The molecule has 3 fully saturated rings. The lowest BCUT2D eigenvalue weighted by Crippen LogP contribution is -2.52. The second-order valence-electron chi connectivity index (χ2n) is 10.9. The summed E-state index contributed by atoms with van der Waals surface area (Å²) in [6, 6.07) is 14.1. The van der Waals surface area contributed by atoms with Crippen molar-refractivity contribution in [2.45, 2.75) is 16.1 Å². The average Bonchev–Trinajstić information content (AvgIpc) is 3.62. The maximum absolute atomic E-state index is 13.9. The Morgan fingerprint density at radius 1 is 0.778 bits per heavy atom.